The maximum atomic E-state index is 13.7. The Hall–Kier alpha value is -1.51. The van der Waals surface area contributed by atoms with E-state index in [9.17, 15) is 17.6 Å². The van der Waals surface area contributed by atoms with Gasteiger partial charge in [0.25, 0.3) is 5.91 Å². The number of primary amides is 1. The molecule has 0 spiro atoms. The molecule has 3 N–H and O–H groups in total. The zero-order valence-corrected chi connectivity index (χ0v) is 12.6. The summed E-state index contributed by atoms with van der Waals surface area (Å²) in [6, 6.07) is 4.97. The Morgan fingerprint density at radius 3 is 2.43 bits per heavy atom. The summed E-state index contributed by atoms with van der Waals surface area (Å²) in [6.07, 6.45) is 0. The number of benzene rings is 1. The van der Waals surface area contributed by atoms with E-state index in [1.54, 1.807) is 6.92 Å². The Balaban J connectivity index is 2.12. The minimum Gasteiger partial charge on any atom is -0.365 e. The molecule has 0 aliphatic carbocycles. The van der Waals surface area contributed by atoms with Crippen molar-refractivity contribution in [3.8, 4) is 0 Å². The van der Waals surface area contributed by atoms with Crippen molar-refractivity contribution in [1.29, 1.82) is 0 Å². The number of amides is 1. The fourth-order valence-corrected chi connectivity index (χ4v) is 3.95. The summed E-state index contributed by atoms with van der Waals surface area (Å²) in [5.41, 5.74) is 5.26. The molecule has 1 heterocycles. The maximum Gasteiger partial charge on any atom is 0.275 e. The number of nitrogens with one attached hydrogen (secondary N) is 1. The highest BCUT2D eigenvalue weighted by atomic mass is 32.2. The van der Waals surface area contributed by atoms with Gasteiger partial charge in [0.05, 0.1) is 26.2 Å². The fraction of sp³-hybridized carbons (Fsp3) is 0.462. The molecule has 8 heteroatoms. The van der Waals surface area contributed by atoms with Crippen molar-refractivity contribution in [2.45, 2.75) is 17.9 Å². The van der Waals surface area contributed by atoms with E-state index in [1.165, 1.54) is 22.5 Å². The van der Waals surface area contributed by atoms with Crippen LogP contribution in [0.3, 0.4) is 0 Å². The molecule has 1 aromatic carbocycles. The van der Waals surface area contributed by atoms with Crippen LogP contribution < -0.4 is 10.6 Å². The van der Waals surface area contributed by atoms with E-state index < -0.39 is 21.7 Å². The Morgan fingerprint density at radius 1 is 1.33 bits per heavy atom. The standard InChI is InChI=1S/C13H18FN3O3S/c1-10(13(15)18)16-6-8-17(9-7-16)21(19,20)12-5-3-2-4-11(12)14/h2-5,10H,6-9H2,1H3,(H2,15,18)/p+1/t10-/m1/s1. The van der Waals surface area contributed by atoms with Crippen molar-refractivity contribution in [2.24, 2.45) is 5.73 Å². The molecule has 0 unspecified atom stereocenters. The van der Waals surface area contributed by atoms with Gasteiger partial charge in [-0.3, -0.25) is 4.79 Å². The van der Waals surface area contributed by atoms with Crippen LogP contribution in [-0.4, -0.2) is 50.9 Å². The number of piperazine rings is 1. The number of halogens is 1. The van der Waals surface area contributed by atoms with Crippen LogP contribution in [0.1, 0.15) is 6.92 Å². The summed E-state index contributed by atoms with van der Waals surface area (Å²) < 4.78 is 39.7. The summed E-state index contributed by atoms with van der Waals surface area (Å²) in [4.78, 5) is 11.8. The number of quaternary nitrogens is 1. The molecule has 1 aromatic rings. The van der Waals surface area contributed by atoms with E-state index in [2.05, 4.69) is 0 Å². The highest BCUT2D eigenvalue weighted by Gasteiger charge is 2.34. The zero-order valence-electron chi connectivity index (χ0n) is 11.8. The number of carbonyl (C=O) groups excluding carboxylic acids is 1. The lowest BCUT2D eigenvalue weighted by Gasteiger charge is -2.33. The Labute approximate surface area is 123 Å². The van der Waals surface area contributed by atoms with Crippen molar-refractivity contribution >= 4 is 15.9 Å². The molecule has 1 aliphatic heterocycles. The van der Waals surface area contributed by atoms with E-state index in [1.807, 2.05) is 0 Å². The fourth-order valence-electron chi connectivity index (χ4n) is 2.44. The molecule has 0 saturated carbocycles. The first-order valence-corrected chi connectivity index (χ1v) is 8.16. The van der Waals surface area contributed by atoms with Gasteiger partial charge in [-0.05, 0) is 19.1 Å². The third-order valence-corrected chi connectivity index (χ3v) is 5.79. The van der Waals surface area contributed by atoms with Crippen LogP contribution in [0.15, 0.2) is 29.2 Å². The molecule has 2 rings (SSSR count). The second-order valence-electron chi connectivity index (χ2n) is 5.12. The smallest absolute Gasteiger partial charge is 0.275 e. The monoisotopic (exact) mass is 316 g/mol. The predicted octanol–water partition coefficient (Wildman–Crippen LogP) is -1.41. The minimum absolute atomic E-state index is 0.240. The molecule has 6 nitrogen and oxygen atoms in total. The second-order valence-corrected chi connectivity index (χ2v) is 7.02. The molecule has 0 radical (unpaired) electrons. The third-order valence-electron chi connectivity index (χ3n) is 3.86. The van der Waals surface area contributed by atoms with Crippen LogP contribution in [0.25, 0.3) is 0 Å². The molecular formula is C13H19FN3O3S+. The summed E-state index contributed by atoms with van der Waals surface area (Å²) in [7, 11) is -3.83. The van der Waals surface area contributed by atoms with Gasteiger partial charge in [0.2, 0.25) is 10.0 Å². The van der Waals surface area contributed by atoms with Crippen molar-refractivity contribution in [1.82, 2.24) is 4.31 Å². The van der Waals surface area contributed by atoms with Crippen LogP contribution in [0, 0.1) is 5.82 Å². The topological polar surface area (TPSA) is 84.9 Å². The average Bonchev–Trinajstić information content (AvgIpc) is 2.46. The Morgan fingerprint density at radius 2 is 1.90 bits per heavy atom. The third kappa shape index (κ3) is 3.22. The normalized spacial score (nSPS) is 19.3. The molecule has 1 atom stereocenters. The number of rotatable bonds is 4. The van der Waals surface area contributed by atoms with Gasteiger partial charge in [-0.2, -0.15) is 4.31 Å². The quantitative estimate of drug-likeness (QED) is 0.716. The van der Waals surface area contributed by atoms with Crippen molar-refractivity contribution in [3.05, 3.63) is 30.1 Å². The summed E-state index contributed by atoms with van der Waals surface area (Å²) in [5, 5.41) is 0. The van der Waals surface area contributed by atoms with E-state index in [0.717, 1.165) is 11.0 Å². The SMILES string of the molecule is C[C@H](C(N)=O)[NH+]1CCN(S(=O)(=O)c2ccccc2F)CC1. The highest BCUT2D eigenvalue weighted by Crippen LogP contribution is 2.18. The van der Waals surface area contributed by atoms with E-state index in [4.69, 9.17) is 5.73 Å². The van der Waals surface area contributed by atoms with Gasteiger partial charge in [-0.1, -0.05) is 12.1 Å². The van der Waals surface area contributed by atoms with E-state index in [0.29, 0.717) is 13.1 Å². The van der Waals surface area contributed by atoms with Crippen LogP contribution in [0.2, 0.25) is 0 Å². The molecular weight excluding hydrogens is 297 g/mol. The van der Waals surface area contributed by atoms with Crippen LogP contribution >= 0.6 is 0 Å². The van der Waals surface area contributed by atoms with Crippen LogP contribution in [-0.2, 0) is 14.8 Å². The van der Waals surface area contributed by atoms with Crippen LogP contribution in [0.4, 0.5) is 4.39 Å². The maximum absolute atomic E-state index is 13.7. The first-order chi connectivity index (χ1) is 9.84. The molecule has 0 aromatic heterocycles. The van der Waals surface area contributed by atoms with Gasteiger partial charge in [0, 0.05) is 0 Å². The molecule has 1 aliphatic rings. The molecule has 1 amide bonds. The van der Waals surface area contributed by atoms with E-state index >= 15 is 0 Å². The van der Waals surface area contributed by atoms with Gasteiger partial charge in [-0.25, -0.2) is 12.8 Å². The number of hydrogen-bond donors (Lipinski definition) is 2. The summed E-state index contributed by atoms with van der Waals surface area (Å²) >= 11 is 0. The lowest BCUT2D eigenvalue weighted by Crippen LogP contribution is -3.19. The Bertz CT molecular complexity index is 627. The second kappa shape index (κ2) is 6.08. The molecule has 116 valence electrons. The van der Waals surface area contributed by atoms with E-state index in [-0.39, 0.29) is 24.0 Å². The summed E-state index contributed by atoms with van der Waals surface area (Å²) in [6.45, 7) is 3.14. The minimum atomic E-state index is -3.83. The summed E-state index contributed by atoms with van der Waals surface area (Å²) in [5.74, 6) is -1.16. The van der Waals surface area contributed by atoms with Gasteiger partial charge in [0.15, 0.2) is 6.04 Å². The van der Waals surface area contributed by atoms with Gasteiger partial charge >= 0.3 is 0 Å². The number of carbonyl (C=O) groups is 1. The largest absolute Gasteiger partial charge is 0.365 e. The number of nitrogens with zero attached hydrogens (tertiary/aromatic N) is 1. The van der Waals surface area contributed by atoms with Crippen molar-refractivity contribution < 1.29 is 22.5 Å². The van der Waals surface area contributed by atoms with Gasteiger partial charge < -0.3 is 10.6 Å². The molecule has 1 saturated heterocycles. The number of nitrogens with two attached hydrogens (primary N) is 1. The van der Waals surface area contributed by atoms with Crippen LogP contribution in [0.5, 0.6) is 0 Å². The van der Waals surface area contributed by atoms with Crippen molar-refractivity contribution in [3.63, 3.8) is 0 Å². The number of hydrogen-bond acceptors (Lipinski definition) is 3. The highest BCUT2D eigenvalue weighted by molar-refractivity contribution is 7.89. The molecule has 1 fully saturated rings. The first-order valence-electron chi connectivity index (χ1n) is 6.72. The van der Waals surface area contributed by atoms with Gasteiger partial charge in [-0.15, -0.1) is 0 Å². The Kier molecular flexibility index (Phi) is 4.60. The molecule has 0 bridgehead atoms. The lowest BCUT2D eigenvalue weighted by molar-refractivity contribution is -0.917. The van der Waals surface area contributed by atoms with Gasteiger partial charge in [0.1, 0.15) is 10.7 Å². The average molecular weight is 316 g/mol. The lowest BCUT2D eigenvalue weighted by atomic mass is 10.2. The van der Waals surface area contributed by atoms with Crippen molar-refractivity contribution in [2.75, 3.05) is 26.2 Å². The first kappa shape index (κ1) is 15.9. The zero-order chi connectivity index (χ0) is 15.6. The molecule has 21 heavy (non-hydrogen) atoms. The number of sulfonamides is 1. The predicted molar refractivity (Wildman–Crippen MR) is 74.5 cm³/mol.